The van der Waals surface area contributed by atoms with Crippen molar-refractivity contribution in [2.75, 3.05) is 5.32 Å². The minimum Gasteiger partial charge on any atom is -0.322 e. The number of thiophene rings is 1. The Morgan fingerprint density at radius 1 is 1.29 bits per heavy atom. The maximum Gasteiger partial charge on any atom is 0.257 e. The topological polar surface area (TPSA) is 88.1 Å². The molecule has 28 heavy (non-hydrogen) atoms. The molecule has 1 aliphatic heterocycles. The zero-order valence-corrected chi connectivity index (χ0v) is 16.4. The van der Waals surface area contributed by atoms with Crippen molar-refractivity contribution in [3.63, 3.8) is 0 Å². The molecule has 0 spiro atoms. The number of rotatable bonds is 4. The summed E-state index contributed by atoms with van der Waals surface area (Å²) in [4.78, 5) is 25.8. The number of aromatic nitrogens is 2. The van der Waals surface area contributed by atoms with Crippen molar-refractivity contribution in [2.24, 2.45) is 0 Å². The van der Waals surface area contributed by atoms with Gasteiger partial charge in [-0.15, -0.1) is 11.3 Å². The van der Waals surface area contributed by atoms with Gasteiger partial charge >= 0.3 is 0 Å². The van der Waals surface area contributed by atoms with E-state index in [2.05, 4.69) is 21.0 Å². The highest BCUT2D eigenvalue weighted by Crippen LogP contribution is 2.28. The van der Waals surface area contributed by atoms with Crippen molar-refractivity contribution >= 4 is 29.0 Å². The van der Waals surface area contributed by atoms with Gasteiger partial charge in [0.1, 0.15) is 11.5 Å². The van der Waals surface area contributed by atoms with Gasteiger partial charge in [0.05, 0.1) is 4.88 Å². The summed E-state index contributed by atoms with van der Waals surface area (Å²) < 4.78 is 1.62. The summed E-state index contributed by atoms with van der Waals surface area (Å²) in [6.45, 7) is 3.84. The molecule has 1 aliphatic rings. The van der Waals surface area contributed by atoms with Crippen LogP contribution in [0.2, 0.25) is 0 Å². The number of benzene rings is 1. The number of nitrogens with one attached hydrogen (secondary N) is 3. The Kier molecular flexibility index (Phi) is 4.97. The lowest BCUT2D eigenvalue weighted by Gasteiger charge is -2.30. The van der Waals surface area contributed by atoms with Gasteiger partial charge in [0.15, 0.2) is 6.29 Å². The van der Waals surface area contributed by atoms with Gasteiger partial charge in [-0.2, -0.15) is 5.10 Å². The Morgan fingerprint density at radius 3 is 2.82 bits per heavy atom. The number of nitrogens with zero attached hydrogens (tertiary/aromatic N) is 2. The molecule has 1 saturated heterocycles. The molecule has 144 valence electrons. The summed E-state index contributed by atoms with van der Waals surface area (Å²) in [5.74, 6) is 0.247. The first-order chi connectivity index (χ1) is 13.5. The van der Waals surface area contributed by atoms with Crippen LogP contribution in [0.15, 0.2) is 47.8 Å². The summed E-state index contributed by atoms with van der Waals surface area (Å²) in [6, 6.07) is 13.2. The van der Waals surface area contributed by atoms with E-state index in [1.54, 1.807) is 22.1 Å². The van der Waals surface area contributed by atoms with E-state index in [1.165, 1.54) is 0 Å². The lowest BCUT2D eigenvalue weighted by atomic mass is 10.1. The predicted octanol–water partition coefficient (Wildman–Crippen LogP) is 3.13. The van der Waals surface area contributed by atoms with Crippen LogP contribution in [0, 0.1) is 6.92 Å². The molecule has 0 aliphatic carbocycles. The number of carbonyl (C=O) groups is 2. The minimum absolute atomic E-state index is 0.00746. The van der Waals surface area contributed by atoms with Gasteiger partial charge in [-0.05, 0) is 36.9 Å². The van der Waals surface area contributed by atoms with E-state index in [0.29, 0.717) is 17.8 Å². The molecule has 3 N–H and O–H groups in total. The van der Waals surface area contributed by atoms with E-state index in [4.69, 9.17) is 0 Å². The maximum atomic E-state index is 12.8. The highest BCUT2D eigenvalue weighted by atomic mass is 32.1. The predicted molar refractivity (Wildman–Crippen MR) is 109 cm³/mol. The molecular formula is C20H21N5O2S. The first kappa shape index (κ1) is 18.4. The highest BCUT2D eigenvalue weighted by molar-refractivity contribution is 7.13. The number of hydrogen-bond donors (Lipinski definition) is 3. The van der Waals surface area contributed by atoms with Crippen molar-refractivity contribution in [2.45, 2.75) is 32.6 Å². The van der Waals surface area contributed by atoms with E-state index in [1.807, 2.05) is 55.6 Å². The zero-order chi connectivity index (χ0) is 19.7. The average molecular weight is 395 g/mol. The number of aryl methyl sites for hydroxylation is 1. The van der Waals surface area contributed by atoms with Crippen LogP contribution in [-0.4, -0.2) is 27.6 Å². The molecule has 0 radical (unpaired) electrons. The van der Waals surface area contributed by atoms with Crippen molar-refractivity contribution in [1.29, 1.82) is 0 Å². The van der Waals surface area contributed by atoms with Gasteiger partial charge in [-0.1, -0.05) is 24.3 Å². The normalized spacial score (nSPS) is 19.3. The lowest BCUT2D eigenvalue weighted by molar-refractivity contribution is -0.125. The van der Waals surface area contributed by atoms with Crippen LogP contribution in [0.1, 0.15) is 35.6 Å². The van der Waals surface area contributed by atoms with Crippen molar-refractivity contribution in [1.82, 2.24) is 20.4 Å². The smallest absolute Gasteiger partial charge is 0.257 e. The summed E-state index contributed by atoms with van der Waals surface area (Å²) in [5.41, 5.74) is 2.23. The fourth-order valence-corrected chi connectivity index (χ4v) is 3.91. The minimum atomic E-state index is -0.530. The lowest BCUT2D eigenvalue weighted by Crippen LogP contribution is -2.52. The second-order valence-corrected chi connectivity index (χ2v) is 7.80. The van der Waals surface area contributed by atoms with E-state index in [9.17, 15) is 9.59 Å². The van der Waals surface area contributed by atoms with E-state index in [0.717, 1.165) is 16.1 Å². The highest BCUT2D eigenvalue weighted by Gasteiger charge is 2.27. The molecule has 4 rings (SSSR count). The second kappa shape index (κ2) is 7.57. The Labute approximate surface area is 166 Å². The summed E-state index contributed by atoms with van der Waals surface area (Å²) in [6.07, 6.45) is -0.127. The summed E-state index contributed by atoms with van der Waals surface area (Å²) in [5, 5.41) is 15.8. The molecule has 1 fully saturated rings. The fourth-order valence-electron chi connectivity index (χ4n) is 3.23. The molecule has 0 bridgehead atoms. The third-order valence-electron chi connectivity index (χ3n) is 4.62. The van der Waals surface area contributed by atoms with Crippen molar-refractivity contribution in [3.05, 3.63) is 59.0 Å². The van der Waals surface area contributed by atoms with Gasteiger partial charge in [0.2, 0.25) is 5.91 Å². The molecule has 2 aromatic heterocycles. The molecule has 3 aromatic rings. The van der Waals surface area contributed by atoms with Crippen LogP contribution >= 0.6 is 11.3 Å². The van der Waals surface area contributed by atoms with Crippen LogP contribution in [0.25, 0.3) is 10.6 Å². The van der Waals surface area contributed by atoms with Crippen LogP contribution in [-0.2, 0) is 4.79 Å². The van der Waals surface area contributed by atoms with Gasteiger partial charge in [-0.3, -0.25) is 14.9 Å². The molecule has 3 heterocycles. The van der Waals surface area contributed by atoms with Gasteiger partial charge in [0.25, 0.3) is 5.91 Å². The van der Waals surface area contributed by atoms with Crippen LogP contribution in [0.5, 0.6) is 0 Å². The monoisotopic (exact) mass is 395 g/mol. The third kappa shape index (κ3) is 3.69. The Hall–Kier alpha value is -2.97. The molecule has 1 aromatic carbocycles. The largest absolute Gasteiger partial charge is 0.322 e. The molecule has 8 heteroatoms. The van der Waals surface area contributed by atoms with E-state index >= 15 is 0 Å². The van der Waals surface area contributed by atoms with Crippen LogP contribution < -0.4 is 16.0 Å². The van der Waals surface area contributed by atoms with Gasteiger partial charge in [-0.25, -0.2) is 4.68 Å². The summed E-state index contributed by atoms with van der Waals surface area (Å²) in [7, 11) is 0. The van der Waals surface area contributed by atoms with Crippen molar-refractivity contribution in [3.8, 4) is 10.6 Å². The van der Waals surface area contributed by atoms with Crippen molar-refractivity contribution < 1.29 is 9.59 Å². The summed E-state index contributed by atoms with van der Waals surface area (Å²) >= 11 is 1.57. The first-order valence-corrected chi connectivity index (χ1v) is 9.95. The Balaban J connectivity index is 1.69. The number of anilines is 1. The van der Waals surface area contributed by atoms with Gasteiger partial charge < -0.3 is 10.6 Å². The molecular weight excluding hydrogens is 374 g/mol. The maximum absolute atomic E-state index is 12.8. The molecule has 2 unspecified atom stereocenters. The van der Waals surface area contributed by atoms with Gasteiger partial charge in [0, 0.05) is 24.1 Å². The zero-order valence-electron chi connectivity index (χ0n) is 15.6. The van der Waals surface area contributed by atoms with Crippen LogP contribution in [0.3, 0.4) is 0 Å². The second-order valence-electron chi connectivity index (χ2n) is 6.85. The van der Waals surface area contributed by atoms with Crippen LogP contribution in [0.4, 0.5) is 5.82 Å². The quantitative estimate of drug-likeness (QED) is 0.633. The third-order valence-corrected chi connectivity index (χ3v) is 5.51. The Bertz CT molecular complexity index is 1010. The fraction of sp³-hybridized carbons (Fsp3) is 0.250. The molecule has 0 saturated carbocycles. The molecule has 7 nitrogen and oxygen atoms in total. The van der Waals surface area contributed by atoms with E-state index < -0.39 is 6.29 Å². The number of hydrogen-bond acceptors (Lipinski definition) is 5. The molecule has 2 amide bonds. The average Bonchev–Trinajstić information content (AvgIpc) is 3.30. The first-order valence-electron chi connectivity index (χ1n) is 9.07. The number of carbonyl (C=O) groups excluding carboxylic acids is 2. The molecule has 2 atom stereocenters. The Morgan fingerprint density at radius 2 is 2.11 bits per heavy atom. The van der Waals surface area contributed by atoms with E-state index in [-0.39, 0.29) is 17.9 Å². The standard InChI is InChI=1S/C20H21N5O2S/c1-12-6-3-4-7-14(12)19(27)22-17-11-15(16-8-5-9-28-16)24-25(17)20-21-13(2)10-18(26)23-20/h3-9,11,13,20-21H,10H2,1-2H3,(H,22,27)(H,23,26). The number of amides is 2. The SMILES string of the molecule is Cc1ccccc1C(=O)Nc1cc(-c2cccs2)nn1C1NC(=O)CC(C)N1.